The van der Waals surface area contributed by atoms with Crippen molar-refractivity contribution in [1.29, 1.82) is 0 Å². The largest absolute Gasteiger partial charge is 0.381 e. The molecule has 4 rings (SSSR count). The lowest BCUT2D eigenvalue weighted by Gasteiger charge is -2.30. The van der Waals surface area contributed by atoms with E-state index < -0.39 is 0 Å². The van der Waals surface area contributed by atoms with Crippen LogP contribution in [0, 0.1) is 18.8 Å². The number of carbonyl (C=O) groups excluding carboxylic acids is 1. The Morgan fingerprint density at radius 1 is 1.09 bits per heavy atom. The molecule has 0 N–H and O–H groups in total. The zero-order valence-corrected chi connectivity index (χ0v) is 27.1. The highest BCUT2D eigenvalue weighted by atomic mass is 16.5. The molecular formula is C40H53NO2. The first-order valence-corrected chi connectivity index (χ1v) is 16.7. The van der Waals surface area contributed by atoms with Crippen LogP contribution >= 0.6 is 0 Å². The molecule has 0 radical (unpaired) electrons. The Bertz CT molecular complexity index is 1290. The van der Waals surface area contributed by atoms with E-state index in [1.54, 1.807) is 0 Å². The molecule has 2 aromatic carbocycles. The second-order valence-electron chi connectivity index (χ2n) is 12.7. The van der Waals surface area contributed by atoms with Gasteiger partial charge in [0.05, 0.1) is 6.61 Å². The molecule has 2 aliphatic heterocycles. The average molecular weight is 580 g/mol. The molecule has 2 aromatic rings. The molecule has 1 fully saturated rings. The highest BCUT2D eigenvalue weighted by molar-refractivity contribution is 5.97. The number of ketones is 1. The molecule has 0 bridgehead atoms. The molecule has 2 heterocycles. The smallest absolute Gasteiger partial charge is 0.164 e. The summed E-state index contributed by atoms with van der Waals surface area (Å²) in [4.78, 5) is 15.5. The van der Waals surface area contributed by atoms with Crippen molar-refractivity contribution < 1.29 is 9.53 Å². The van der Waals surface area contributed by atoms with E-state index in [9.17, 15) is 4.79 Å². The highest BCUT2D eigenvalue weighted by Gasteiger charge is 2.27. The molecule has 3 heteroatoms. The lowest BCUT2D eigenvalue weighted by atomic mass is 9.88. The van der Waals surface area contributed by atoms with Crippen molar-refractivity contribution in [1.82, 2.24) is 4.90 Å². The van der Waals surface area contributed by atoms with Crippen molar-refractivity contribution in [2.24, 2.45) is 11.8 Å². The van der Waals surface area contributed by atoms with Gasteiger partial charge in [-0.3, -0.25) is 4.79 Å². The summed E-state index contributed by atoms with van der Waals surface area (Å²) in [6.07, 6.45) is 19.3. The molecule has 0 aliphatic carbocycles. The van der Waals surface area contributed by atoms with Crippen LogP contribution in [-0.4, -0.2) is 37.0 Å². The molecule has 0 aromatic heterocycles. The van der Waals surface area contributed by atoms with Crippen LogP contribution in [0.2, 0.25) is 0 Å². The number of hydrogen-bond acceptors (Lipinski definition) is 3. The van der Waals surface area contributed by atoms with Gasteiger partial charge in [0, 0.05) is 36.9 Å². The van der Waals surface area contributed by atoms with Crippen LogP contribution < -0.4 is 0 Å². The van der Waals surface area contributed by atoms with Gasteiger partial charge in [-0.15, -0.1) is 0 Å². The third-order valence-corrected chi connectivity index (χ3v) is 8.97. The van der Waals surface area contributed by atoms with E-state index in [1.165, 1.54) is 52.8 Å². The Balaban J connectivity index is 1.50. The zero-order valence-electron chi connectivity index (χ0n) is 27.1. The van der Waals surface area contributed by atoms with Gasteiger partial charge in [-0.2, -0.15) is 0 Å². The van der Waals surface area contributed by atoms with Gasteiger partial charge in [-0.25, -0.2) is 0 Å². The van der Waals surface area contributed by atoms with E-state index in [4.69, 9.17) is 4.74 Å². The number of Topliss-reactive ketones (excluding diaryl/α,β-unsaturated/α-hetero) is 1. The minimum absolute atomic E-state index is 0.0573. The van der Waals surface area contributed by atoms with Gasteiger partial charge >= 0.3 is 0 Å². The highest BCUT2D eigenvalue weighted by Crippen LogP contribution is 2.33. The predicted molar refractivity (Wildman–Crippen MR) is 183 cm³/mol. The first kappa shape index (κ1) is 32.7. The normalized spacial score (nSPS) is 20.1. The van der Waals surface area contributed by atoms with E-state index in [0.717, 1.165) is 50.8 Å². The van der Waals surface area contributed by atoms with E-state index in [1.807, 2.05) is 6.08 Å². The molecule has 2 unspecified atom stereocenters. The fourth-order valence-corrected chi connectivity index (χ4v) is 6.53. The van der Waals surface area contributed by atoms with Gasteiger partial charge in [0.25, 0.3) is 0 Å². The van der Waals surface area contributed by atoms with Crippen molar-refractivity contribution in [2.75, 3.05) is 26.3 Å². The van der Waals surface area contributed by atoms with Crippen LogP contribution in [0.15, 0.2) is 85.0 Å². The summed E-state index contributed by atoms with van der Waals surface area (Å²) in [5, 5.41) is 0. The third kappa shape index (κ3) is 9.16. The molecule has 0 spiro atoms. The summed E-state index contributed by atoms with van der Waals surface area (Å²) >= 11 is 0. The van der Waals surface area contributed by atoms with Crippen LogP contribution in [0.5, 0.6) is 0 Å². The first-order valence-electron chi connectivity index (χ1n) is 16.7. The lowest BCUT2D eigenvalue weighted by molar-refractivity contribution is -0.119. The van der Waals surface area contributed by atoms with Gasteiger partial charge in [0.15, 0.2) is 5.78 Å². The number of carbonyl (C=O) groups is 1. The van der Waals surface area contributed by atoms with Crippen molar-refractivity contribution in [3.63, 3.8) is 0 Å². The number of allylic oxidation sites excluding steroid dienone is 5. The molecule has 230 valence electrons. The van der Waals surface area contributed by atoms with E-state index in [0.29, 0.717) is 30.8 Å². The Hall–Kier alpha value is -3.17. The molecular weight excluding hydrogens is 526 g/mol. The Labute approximate surface area is 261 Å². The fraction of sp³-hybridized carbons (Fsp3) is 0.475. The van der Waals surface area contributed by atoms with Crippen LogP contribution in [0.3, 0.4) is 0 Å². The lowest BCUT2D eigenvalue weighted by Crippen LogP contribution is -2.27. The van der Waals surface area contributed by atoms with Gasteiger partial charge in [-0.05, 0) is 104 Å². The minimum atomic E-state index is 0.0573. The molecule has 0 saturated carbocycles. The Morgan fingerprint density at radius 3 is 2.58 bits per heavy atom. The zero-order chi connectivity index (χ0) is 30.6. The van der Waals surface area contributed by atoms with Gasteiger partial charge in [-0.1, -0.05) is 94.5 Å². The first-order chi connectivity index (χ1) is 20.9. The van der Waals surface area contributed by atoms with Crippen LogP contribution in [0.4, 0.5) is 0 Å². The summed E-state index contributed by atoms with van der Waals surface area (Å²) in [7, 11) is 0. The number of benzene rings is 2. The number of hydrogen-bond donors (Lipinski definition) is 0. The van der Waals surface area contributed by atoms with Gasteiger partial charge < -0.3 is 9.64 Å². The number of nitrogens with zero attached hydrogens (tertiary/aromatic N) is 1. The van der Waals surface area contributed by atoms with Crippen LogP contribution in [0.1, 0.15) is 94.7 Å². The number of ether oxygens (including phenoxy) is 1. The Morgan fingerprint density at radius 2 is 1.88 bits per heavy atom. The summed E-state index contributed by atoms with van der Waals surface area (Å²) in [5.74, 6) is 1.59. The van der Waals surface area contributed by atoms with Crippen molar-refractivity contribution >= 4 is 11.5 Å². The van der Waals surface area contributed by atoms with Gasteiger partial charge in [0.1, 0.15) is 0 Å². The van der Waals surface area contributed by atoms with Crippen LogP contribution in [-0.2, 0) is 9.53 Å². The monoisotopic (exact) mass is 579 g/mol. The van der Waals surface area contributed by atoms with E-state index in [-0.39, 0.29) is 5.92 Å². The third-order valence-electron chi connectivity index (χ3n) is 8.97. The van der Waals surface area contributed by atoms with Gasteiger partial charge in [0.2, 0.25) is 0 Å². The maximum absolute atomic E-state index is 13.0. The van der Waals surface area contributed by atoms with Crippen LogP contribution in [0.25, 0.3) is 16.8 Å². The molecule has 1 saturated heterocycles. The standard InChI is InChI=1S/C40H53NO2/c1-6-12-32(15-9-8-14-30(3)4)33-20-22-34(23-21-33)36-19-18-31(5)38(28-36)39(13-7-2)41-25-10-16-35(17-11-26-41)40(42)37-24-27-43-29-37/h7-8,13-14,16,18-23,28,30,32,37H,2,6,9-12,15,17,24-27,29H2,1,3-5H3/b14-8+,35-16-,39-13+. The topological polar surface area (TPSA) is 29.5 Å². The minimum Gasteiger partial charge on any atom is -0.381 e. The molecule has 0 amide bonds. The summed E-state index contributed by atoms with van der Waals surface area (Å²) in [5.41, 5.74) is 8.71. The van der Waals surface area contributed by atoms with E-state index >= 15 is 0 Å². The van der Waals surface area contributed by atoms with Crippen molar-refractivity contribution in [2.45, 2.75) is 85.0 Å². The number of aryl methyl sites for hydroxylation is 1. The molecule has 2 aliphatic rings. The van der Waals surface area contributed by atoms with Crippen molar-refractivity contribution in [3.05, 3.63) is 102 Å². The maximum Gasteiger partial charge on any atom is 0.164 e. The maximum atomic E-state index is 13.0. The second-order valence-corrected chi connectivity index (χ2v) is 12.7. The second kappa shape index (κ2) is 16.6. The summed E-state index contributed by atoms with van der Waals surface area (Å²) in [6, 6.07) is 16.2. The molecule has 3 nitrogen and oxygen atoms in total. The fourth-order valence-electron chi connectivity index (χ4n) is 6.53. The molecule has 43 heavy (non-hydrogen) atoms. The SMILES string of the molecule is C=C/C=C(\c1cc(-c2ccc(C(CCC)CC/C=C/C(C)C)cc2)ccc1C)N1CC/C=C(\C(=O)C2CCOC2)CCC1. The summed E-state index contributed by atoms with van der Waals surface area (Å²) in [6.45, 7) is 16.1. The average Bonchev–Trinajstić information content (AvgIpc) is 3.53. The number of rotatable bonds is 13. The predicted octanol–water partition coefficient (Wildman–Crippen LogP) is 10.1. The van der Waals surface area contributed by atoms with Crippen molar-refractivity contribution in [3.8, 4) is 11.1 Å². The Kier molecular flexibility index (Phi) is 12.7. The quantitative estimate of drug-likeness (QED) is 0.175. The van der Waals surface area contributed by atoms with E-state index in [2.05, 4.69) is 106 Å². The summed E-state index contributed by atoms with van der Waals surface area (Å²) < 4.78 is 5.48. The molecule has 2 atom stereocenters.